The van der Waals surface area contributed by atoms with Crippen LogP contribution in [0.3, 0.4) is 0 Å². The second kappa shape index (κ2) is 7.31. The van der Waals surface area contributed by atoms with E-state index in [1.807, 2.05) is 37.3 Å². The lowest BCUT2D eigenvalue weighted by atomic mass is 10.0. The van der Waals surface area contributed by atoms with E-state index in [2.05, 4.69) is 10.5 Å². The zero-order chi connectivity index (χ0) is 16.8. The van der Waals surface area contributed by atoms with Crippen LogP contribution in [-0.2, 0) is 0 Å². The molecule has 0 aliphatic heterocycles. The number of hydrogen-bond acceptors (Lipinski definition) is 4. The summed E-state index contributed by atoms with van der Waals surface area (Å²) in [5.74, 6) is -0.338. The Balaban J connectivity index is 2.01. The number of carbonyl (C=O) groups excluding carboxylic acids is 1. The zero-order valence-corrected chi connectivity index (χ0v) is 12.9. The molecule has 0 aliphatic carbocycles. The highest BCUT2D eigenvalue weighted by Crippen LogP contribution is 2.18. The molecule has 0 aliphatic rings. The lowest BCUT2D eigenvalue weighted by Gasteiger charge is -2.06. The van der Waals surface area contributed by atoms with Crippen LogP contribution in [0.4, 0.5) is 5.69 Å². The van der Waals surface area contributed by atoms with Crippen LogP contribution in [0.1, 0.15) is 34.3 Å². The summed E-state index contributed by atoms with van der Waals surface area (Å²) < 4.78 is 0. The summed E-state index contributed by atoms with van der Waals surface area (Å²) in [6, 6.07) is 14.0. The van der Waals surface area contributed by atoms with Crippen LogP contribution >= 0.6 is 0 Å². The van der Waals surface area contributed by atoms with Crippen molar-refractivity contribution in [1.82, 2.24) is 5.43 Å². The number of carbonyl (C=O) groups is 1. The first kappa shape index (κ1) is 16.4. The molecule has 6 heteroatoms. The molecular formula is C17H17N3O3. The van der Waals surface area contributed by atoms with Gasteiger partial charge in [0.15, 0.2) is 0 Å². The molecule has 2 rings (SSSR count). The van der Waals surface area contributed by atoms with Crippen LogP contribution in [0.5, 0.6) is 0 Å². The molecule has 1 atom stereocenters. The van der Waals surface area contributed by atoms with Crippen molar-refractivity contribution in [2.24, 2.45) is 5.10 Å². The lowest BCUT2D eigenvalue weighted by Crippen LogP contribution is -2.18. The van der Waals surface area contributed by atoms with Gasteiger partial charge in [-0.05, 0) is 24.6 Å². The molecule has 2 aromatic rings. The predicted molar refractivity (Wildman–Crippen MR) is 88.6 cm³/mol. The number of hydrazone groups is 1. The number of nitrogens with one attached hydrogen (secondary N) is 1. The van der Waals surface area contributed by atoms with Crippen LogP contribution in [-0.4, -0.2) is 17.0 Å². The Morgan fingerprint density at radius 3 is 2.57 bits per heavy atom. The molecular weight excluding hydrogens is 294 g/mol. The van der Waals surface area contributed by atoms with Gasteiger partial charge in [-0.1, -0.05) is 37.3 Å². The second-order valence-corrected chi connectivity index (χ2v) is 5.18. The first-order valence-corrected chi connectivity index (χ1v) is 7.12. The van der Waals surface area contributed by atoms with Crippen LogP contribution in [0.15, 0.2) is 53.6 Å². The summed E-state index contributed by atoms with van der Waals surface area (Å²) in [6.45, 7) is 3.57. The number of nitro benzene ring substituents is 1. The Hall–Kier alpha value is -3.02. The third kappa shape index (κ3) is 4.23. The number of amides is 1. The van der Waals surface area contributed by atoms with E-state index in [1.165, 1.54) is 18.2 Å². The van der Waals surface area contributed by atoms with E-state index in [9.17, 15) is 14.9 Å². The van der Waals surface area contributed by atoms with Gasteiger partial charge < -0.3 is 0 Å². The minimum absolute atomic E-state index is 0.0113. The third-order valence-corrected chi connectivity index (χ3v) is 3.45. The van der Waals surface area contributed by atoms with E-state index in [0.29, 0.717) is 11.1 Å². The Labute approximate surface area is 134 Å². The normalized spacial score (nSPS) is 12.1. The van der Waals surface area contributed by atoms with Gasteiger partial charge in [-0.2, -0.15) is 5.10 Å². The van der Waals surface area contributed by atoms with E-state index in [4.69, 9.17) is 0 Å². The summed E-state index contributed by atoms with van der Waals surface area (Å²) in [6.07, 6.45) is 1.64. The fourth-order valence-corrected chi connectivity index (χ4v) is 2.12. The maximum absolute atomic E-state index is 12.0. The SMILES string of the molecule is Cc1cc(C(=O)N/N=C/C(C)c2ccccc2)ccc1[N+](=O)[O-]. The molecule has 1 unspecified atom stereocenters. The summed E-state index contributed by atoms with van der Waals surface area (Å²) >= 11 is 0. The lowest BCUT2D eigenvalue weighted by molar-refractivity contribution is -0.385. The highest BCUT2D eigenvalue weighted by molar-refractivity contribution is 5.95. The Morgan fingerprint density at radius 2 is 1.96 bits per heavy atom. The molecule has 0 heterocycles. The van der Waals surface area contributed by atoms with Crippen LogP contribution in [0.25, 0.3) is 0 Å². The van der Waals surface area contributed by atoms with Crippen molar-refractivity contribution in [3.8, 4) is 0 Å². The maximum Gasteiger partial charge on any atom is 0.272 e. The standard InChI is InChI=1S/C17H17N3O3/c1-12-10-15(8-9-16(12)20(22)23)17(21)19-18-11-13(2)14-6-4-3-5-7-14/h3-11,13H,1-2H3,(H,19,21)/b18-11+. The molecule has 1 N–H and O–H groups in total. The number of nitro groups is 1. The largest absolute Gasteiger partial charge is 0.272 e. The van der Waals surface area contributed by atoms with Crippen LogP contribution in [0.2, 0.25) is 0 Å². The van der Waals surface area contributed by atoms with E-state index in [0.717, 1.165) is 5.56 Å². The molecule has 0 aromatic heterocycles. The minimum atomic E-state index is -0.475. The van der Waals surface area contributed by atoms with Crippen molar-refractivity contribution >= 4 is 17.8 Å². The Kier molecular flexibility index (Phi) is 5.19. The molecule has 1 amide bonds. The molecule has 0 saturated heterocycles. The van der Waals surface area contributed by atoms with Crippen molar-refractivity contribution < 1.29 is 9.72 Å². The smallest absolute Gasteiger partial charge is 0.267 e. The van der Waals surface area contributed by atoms with Gasteiger partial charge in [0, 0.05) is 29.3 Å². The monoisotopic (exact) mass is 311 g/mol. The number of nitrogens with zero attached hydrogens (tertiary/aromatic N) is 2. The number of benzene rings is 2. The molecule has 0 fully saturated rings. The highest BCUT2D eigenvalue weighted by Gasteiger charge is 2.13. The quantitative estimate of drug-likeness (QED) is 0.521. The van der Waals surface area contributed by atoms with Gasteiger partial charge in [0.05, 0.1) is 4.92 Å². The average Bonchev–Trinajstić information content (AvgIpc) is 2.55. The number of aryl methyl sites for hydroxylation is 1. The van der Waals surface area contributed by atoms with Crippen molar-refractivity contribution in [3.63, 3.8) is 0 Å². The summed E-state index contributed by atoms with van der Waals surface area (Å²) in [5, 5.41) is 14.7. The first-order valence-electron chi connectivity index (χ1n) is 7.12. The van der Waals surface area contributed by atoms with Crippen molar-refractivity contribution in [3.05, 3.63) is 75.3 Å². The molecule has 2 aromatic carbocycles. The van der Waals surface area contributed by atoms with E-state index >= 15 is 0 Å². The second-order valence-electron chi connectivity index (χ2n) is 5.18. The fraction of sp³-hybridized carbons (Fsp3) is 0.176. The van der Waals surface area contributed by atoms with E-state index in [1.54, 1.807) is 13.1 Å². The summed E-state index contributed by atoms with van der Waals surface area (Å²) in [5.41, 5.74) is 4.28. The summed E-state index contributed by atoms with van der Waals surface area (Å²) in [7, 11) is 0. The molecule has 6 nitrogen and oxygen atoms in total. The van der Waals surface area contributed by atoms with Gasteiger partial charge in [-0.3, -0.25) is 14.9 Å². The molecule has 0 radical (unpaired) electrons. The third-order valence-electron chi connectivity index (χ3n) is 3.45. The van der Waals surface area contributed by atoms with Crippen molar-refractivity contribution in [1.29, 1.82) is 0 Å². The maximum atomic E-state index is 12.0. The number of hydrogen-bond donors (Lipinski definition) is 1. The van der Waals surface area contributed by atoms with E-state index in [-0.39, 0.29) is 11.6 Å². The zero-order valence-electron chi connectivity index (χ0n) is 12.9. The topological polar surface area (TPSA) is 84.6 Å². The molecule has 118 valence electrons. The minimum Gasteiger partial charge on any atom is -0.267 e. The first-order chi connectivity index (χ1) is 11.0. The van der Waals surface area contributed by atoms with Crippen LogP contribution in [0, 0.1) is 17.0 Å². The predicted octanol–water partition coefficient (Wildman–Crippen LogP) is 3.42. The fourth-order valence-electron chi connectivity index (χ4n) is 2.12. The average molecular weight is 311 g/mol. The Bertz CT molecular complexity index is 742. The Morgan fingerprint density at radius 1 is 1.26 bits per heavy atom. The highest BCUT2D eigenvalue weighted by atomic mass is 16.6. The van der Waals surface area contributed by atoms with Gasteiger partial charge >= 0.3 is 0 Å². The van der Waals surface area contributed by atoms with Gasteiger partial charge in [0.2, 0.25) is 0 Å². The summed E-state index contributed by atoms with van der Waals surface area (Å²) in [4.78, 5) is 22.3. The van der Waals surface area contributed by atoms with Gasteiger partial charge in [-0.25, -0.2) is 5.43 Å². The van der Waals surface area contributed by atoms with Gasteiger partial charge in [0.25, 0.3) is 11.6 Å². The molecule has 0 bridgehead atoms. The number of rotatable bonds is 5. The van der Waals surface area contributed by atoms with Crippen molar-refractivity contribution in [2.75, 3.05) is 0 Å². The molecule has 23 heavy (non-hydrogen) atoms. The van der Waals surface area contributed by atoms with Gasteiger partial charge in [0.1, 0.15) is 0 Å². The molecule has 0 saturated carbocycles. The van der Waals surface area contributed by atoms with Gasteiger partial charge in [-0.15, -0.1) is 0 Å². The van der Waals surface area contributed by atoms with Crippen molar-refractivity contribution in [2.45, 2.75) is 19.8 Å². The van der Waals surface area contributed by atoms with Crippen LogP contribution < -0.4 is 5.43 Å². The van der Waals surface area contributed by atoms with E-state index < -0.39 is 10.8 Å². The molecule has 0 spiro atoms.